The first-order chi connectivity index (χ1) is 10.1. The summed E-state index contributed by atoms with van der Waals surface area (Å²) in [5.41, 5.74) is 1.23. The molecule has 1 aromatic heterocycles. The molecule has 110 valence electrons. The molecule has 0 radical (unpaired) electrons. The fraction of sp³-hybridized carbons (Fsp3) is 0.154. The molecule has 2 amide bonds. The van der Waals surface area contributed by atoms with Crippen LogP contribution in [-0.4, -0.2) is 24.1 Å². The lowest BCUT2D eigenvalue weighted by molar-refractivity contribution is -0.115. The molecule has 0 spiro atoms. The normalized spacial score (nSPS) is 10.0. The maximum absolute atomic E-state index is 11.9. The van der Waals surface area contributed by atoms with Gasteiger partial charge < -0.3 is 10.1 Å². The Balaban J connectivity index is 1.90. The zero-order valence-electron chi connectivity index (χ0n) is 11.1. The first-order valence-electron chi connectivity index (χ1n) is 5.91. The van der Waals surface area contributed by atoms with Gasteiger partial charge in [0.05, 0.1) is 19.2 Å². The Morgan fingerprint density at radius 1 is 1.29 bits per heavy atom. The molecule has 2 aromatic rings. The van der Waals surface area contributed by atoms with Crippen LogP contribution in [0.2, 0.25) is 5.02 Å². The van der Waals surface area contributed by atoms with Crippen molar-refractivity contribution < 1.29 is 14.3 Å². The molecule has 0 aliphatic rings. The Bertz CT molecular complexity index is 642. The number of thiazole rings is 1. The highest BCUT2D eigenvalue weighted by molar-refractivity contribution is 7.13. The van der Waals surface area contributed by atoms with Crippen molar-refractivity contribution in [3.8, 4) is 0 Å². The van der Waals surface area contributed by atoms with Crippen molar-refractivity contribution in [1.82, 2.24) is 4.98 Å². The number of nitrogens with one attached hydrogen (secondary N) is 2. The molecule has 2 rings (SSSR count). The second kappa shape index (κ2) is 7.05. The van der Waals surface area contributed by atoms with Crippen LogP contribution in [0.1, 0.15) is 5.69 Å². The van der Waals surface area contributed by atoms with Crippen LogP contribution in [0.25, 0.3) is 0 Å². The van der Waals surface area contributed by atoms with Crippen LogP contribution in [0.5, 0.6) is 0 Å². The Labute approximate surface area is 130 Å². The van der Waals surface area contributed by atoms with Crippen molar-refractivity contribution in [2.24, 2.45) is 0 Å². The monoisotopic (exact) mass is 325 g/mol. The van der Waals surface area contributed by atoms with Crippen molar-refractivity contribution in [3.63, 3.8) is 0 Å². The molecule has 21 heavy (non-hydrogen) atoms. The minimum Gasteiger partial charge on any atom is -0.453 e. The maximum Gasteiger partial charge on any atom is 0.413 e. The molecule has 1 aromatic carbocycles. The third-order valence-electron chi connectivity index (χ3n) is 2.42. The molecule has 0 unspecified atom stereocenters. The van der Waals surface area contributed by atoms with E-state index in [1.54, 1.807) is 29.6 Å². The first kappa shape index (κ1) is 15.3. The van der Waals surface area contributed by atoms with Gasteiger partial charge in [-0.15, -0.1) is 11.3 Å². The number of halogens is 1. The predicted octanol–water partition coefficient (Wildman–Crippen LogP) is 3.16. The van der Waals surface area contributed by atoms with E-state index in [2.05, 4.69) is 20.4 Å². The van der Waals surface area contributed by atoms with Gasteiger partial charge in [0.25, 0.3) is 0 Å². The van der Waals surface area contributed by atoms with Gasteiger partial charge in [0.15, 0.2) is 5.13 Å². The second-order valence-electron chi connectivity index (χ2n) is 3.99. The van der Waals surface area contributed by atoms with Gasteiger partial charge >= 0.3 is 6.09 Å². The summed E-state index contributed by atoms with van der Waals surface area (Å²) >= 11 is 6.99. The molecular weight excluding hydrogens is 314 g/mol. The van der Waals surface area contributed by atoms with Gasteiger partial charge in [0, 0.05) is 16.1 Å². The average Bonchev–Trinajstić information content (AvgIpc) is 2.88. The third-order valence-corrected chi connectivity index (χ3v) is 3.47. The molecule has 2 N–H and O–H groups in total. The van der Waals surface area contributed by atoms with Gasteiger partial charge in [0.2, 0.25) is 5.91 Å². The number of methoxy groups -OCH3 is 1. The number of amides is 2. The number of benzene rings is 1. The summed E-state index contributed by atoms with van der Waals surface area (Å²) in [4.78, 5) is 27.0. The second-order valence-corrected chi connectivity index (χ2v) is 5.29. The van der Waals surface area contributed by atoms with Crippen LogP contribution in [0.4, 0.5) is 15.6 Å². The number of anilines is 2. The van der Waals surface area contributed by atoms with Crippen molar-refractivity contribution in [3.05, 3.63) is 40.4 Å². The van der Waals surface area contributed by atoms with E-state index in [1.165, 1.54) is 18.4 Å². The lowest BCUT2D eigenvalue weighted by atomic mass is 10.3. The van der Waals surface area contributed by atoms with Crippen molar-refractivity contribution in [2.75, 3.05) is 17.7 Å². The van der Waals surface area contributed by atoms with E-state index in [4.69, 9.17) is 11.6 Å². The highest BCUT2D eigenvalue weighted by Gasteiger charge is 2.10. The van der Waals surface area contributed by atoms with Gasteiger partial charge in [-0.1, -0.05) is 11.6 Å². The summed E-state index contributed by atoms with van der Waals surface area (Å²) in [6.07, 6.45) is -0.483. The topological polar surface area (TPSA) is 80.3 Å². The summed E-state index contributed by atoms with van der Waals surface area (Å²) in [7, 11) is 1.27. The fourth-order valence-corrected chi connectivity index (χ4v) is 2.31. The lowest BCUT2D eigenvalue weighted by Crippen LogP contribution is -2.15. The smallest absolute Gasteiger partial charge is 0.413 e. The standard InChI is InChI=1S/C13H12ClN3O3S/c1-20-13(19)17-12-16-10(7-21-12)6-11(18)15-9-4-2-8(14)3-5-9/h2-5,7H,6H2,1H3,(H,15,18)(H,16,17,19). The Morgan fingerprint density at radius 3 is 2.67 bits per heavy atom. The number of carbonyl (C=O) groups excluding carboxylic acids is 2. The molecule has 0 bridgehead atoms. The van der Waals surface area contributed by atoms with Crippen molar-refractivity contribution >= 4 is 45.8 Å². The summed E-state index contributed by atoms with van der Waals surface area (Å²) in [6, 6.07) is 6.81. The molecule has 0 atom stereocenters. The van der Waals surface area contributed by atoms with Gasteiger partial charge in [-0.2, -0.15) is 0 Å². The van der Waals surface area contributed by atoms with E-state index in [-0.39, 0.29) is 12.3 Å². The van der Waals surface area contributed by atoms with Crippen LogP contribution in [0.3, 0.4) is 0 Å². The molecule has 0 aliphatic heterocycles. The van der Waals surface area contributed by atoms with E-state index in [9.17, 15) is 9.59 Å². The highest BCUT2D eigenvalue weighted by atomic mass is 35.5. The number of hydrogen-bond donors (Lipinski definition) is 2. The number of nitrogens with zero attached hydrogens (tertiary/aromatic N) is 1. The minimum absolute atomic E-state index is 0.113. The number of aromatic nitrogens is 1. The molecule has 1 heterocycles. The van der Waals surface area contributed by atoms with E-state index in [0.29, 0.717) is 21.5 Å². The number of carbonyl (C=O) groups is 2. The van der Waals surface area contributed by atoms with Crippen molar-refractivity contribution in [1.29, 1.82) is 0 Å². The first-order valence-corrected chi connectivity index (χ1v) is 7.17. The van der Waals surface area contributed by atoms with E-state index >= 15 is 0 Å². The molecule has 0 saturated heterocycles. The van der Waals surface area contributed by atoms with Gasteiger partial charge in [-0.05, 0) is 24.3 Å². The molecule has 0 aliphatic carbocycles. The minimum atomic E-state index is -0.596. The summed E-state index contributed by atoms with van der Waals surface area (Å²) in [5.74, 6) is -0.202. The fourth-order valence-electron chi connectivity index (χ4n) is 1.49. The summed E-state index contributed by atoms with van der Waals surface area (Å²) < 4.78 is 4.46. The van der Waals surface area contributed by atoms with Gasteiger partial charge in [0.1, 0.15) is 0 Å². The SMILES string of the molecule is COC(=O)Nc1nc(CC(=O)Nc2ccc(Cl)cc2)cs1. The van der Waals surface area contributed by atoms with Crippen LogP contribution in [0, 0.1) is 0 Å². The number of ether oxygens (including phenoxy) is 1. The van der Waals surface area contributed by atoms with E-state index < -0.39 is 6.09 Å². The maximum atomic E-state index is 11.9. The largest absolute Gasteiger partial charge is 0.453 e. The van der Waals surface area contributed by atoms with Crippen LogP contribution in [-0.2, 0) is 16.0 Å². The lowest BCUT2D eigenvalue weighted by Gasteiger charge is -2.03. The Kier molecular flexibility index (Phi) is 5.13. The number of hydrogen-bond acceptors (Lipinski definition) is 5. The van der Waals surface area contributed by atoms with Crippen molar-refractivity contribution in [2.45, 2.75) is 6.42 Å². The molecule has 6 nitrogen and oxygen atoms in total. The van der Waals surface area contributed by atoms with E-state index in [0.717, 1.165) is 0 Å². The highest BCUT2D eigenvalue weighted by Crippen LogP contribution is 2.17. The third kappa shape index (κ3) is 4.73. The average molecular weight is 326 g/mol. The summed E-state index contributed by atoms with van der Waals surface area (Å²) in [5, 5.41) is 7.86. The summed E-state index contributed by atoms with van der Waals surface area (Å²) in [6.45, 7) is 0. The predicted molar refractivity (Wildman–Crippen MR) is 81.9 cm³/mol. The zero-order valence-corrected chi connectivity index (χ0v) is 12.6. The van der Waals surface area contributed by atoms with Gasteiger partial charge in [-0.25, -0.2) is 9.78 Å². The van der Waals surface area contributed by atoms with Crippen LogP contribution in [0.15, 0.2) is 29.6 Å². The number of rotatable bonds is 4. The molecule has 0 saturated carbocycles. The molecular formula is C13H12ClN3O3S. The van der Waals surface area contributed by atoms with Crippen LogP contribution < -0.4 is 10.6 Å². The Hall–Kier alpha value is -2.12. The van der Waals surface area contributed by atoms with E-state index in [1.807, 2.05) is 0 Å². The quantitative estimate of drug-likeness (QED) is 0.904. The molecule has 8 heteroatoms. The van der Waals surface area contributed by atoms with Crippen LogP contribution >= 0.6 is 22.9 Å². The zero-order chi connectivity index (χ0) is 15.2. The molecule has 0 fully saturated rings. The van der Waals surface area contributed by atoms with Gasteiger partial charge in [-0.3, -0.25) is 10.1 Å². The Morgan fingerprint density at radius 2 is 2.00 bits per heavy atom.